The van der Waals surface area contributed by atoms with Crippen LogP contribution >= 0.6 is 0 Å². The van der Waals surface area contributed by atoms with E-state index < -0.39 is 52.0 Å². The summed E-state index contributed by atoms with van der Waals surface area (Å²) in [5.41, 5.74) is 3.75. The maximum Gasteiger partial charge on any atom is 0.255 e. The molecule has 6 N–H and O–H groups in total. The van der Waals surface area contributed by atoms with Crippen LogP contribution < -0.4 is 5.73 Å². The minimum Gasteiger partial charge on any atom is -0.511 e. The van der Waals surface area contributed by atoms with Crippen molar-refractivity contribution < 1.29 is 34.8 Å². The molecule has 9 nitrogen and oxygen atoms in total. The fourth-order valence-electron chi connectivity index (χ4n) is 5.42. The number of pyridine rings is 1. The van der Waals surface area contributed by atoms with Gasteiger partial charge in [-0.3, -0.25) is 19.4 Å². The van der Waals surface area contributed by atoms with E-state index in [-0.39, 0.29) is 36.1 Å². The first-order valence-electron chi connectivity index (χ1n) is 10.4. The molecule has 0 spiro atoms. The molecule has 9 heteroatoms. The molecule has 5 rings (SSSR count). The van der Waals surface area contributed by atoms with Crippen LogP contribution in [0.5, 0.6) is 5.75 Å². The number of phenolic OH excluding ortho intramolecular Hbond substituents is 1. The van der Waals surface area contributed by atoms with Crippen LogP contribution in [0.25, 0.3) is 11.1 Å². The van der Waals surface area contributed by atoms with Crippen LogP contribution in [0, 0.1) is 11.8 Å². The number of primary amides is 1. The molecular formula is C24H20N2O7. The quantitative estimate of drug-likeness (QED) is 0.432. The standard InChI is InChI=1S/C24H20N2O7/c25-23(32)19-16(28)9-12-7-11-8-14-13(10-3-5-26-6-4-10)1-2-15(27)18(14)20(29)17(11)21(30)24(12,33)22(19)31/h1-6,11-12,27-28,30,33H,7-9H2,(H2,25,32)/t11-,12+,24+/m1/s1. The number of aromatic hydroxyl groups is 1. The van der Waals surface area contributed by atoms with Crippen molar-refractivity contribution in [3.05, 3.63) is 70.5 Å². The number of aliphatic hydroxyl groups is 3. The Balaban J connectivity index is 1.69. The van der Waals surface area contributed by atoms with E-state index in [1.807, 2.05) is 0 Å². The summed E-state index contributed by atoms with van der Waals surface area (Å²) in [6.07, 6.45) is 3.30. The Kier molecular flexibility index (Phi) is 4.44. The average Bonchev–Trinajstić information content (AvgIpc) is 2.76. The molecule has 0 fully saturated rings. The Labute approximate surface area is 187 Å². The van der Waals surface area contributed by atoms with E-state index in [2.05, 4.69) is 4.98 Å². The smallest absolute Gasteiger partial charge is 0.255 e. The minimum atomic E-state index is -2.56. The molecule has 0 unspecified atom stereocenters. The third kappa shape index (κ3) is 2.75. The number of hydrogen-bond donors (Lipinski definition) is 5. The number of allylic oxidation sites excluding steroid dienone is 2. The number of nitrogens with two attached hydrogens (primary N) is 1. The summed E-state index contributed by atoms with van der Waals surface area (Å²) < 4.78 is 0. The van der Waals surface area contributed by atoms with Crippen LogP contribution in [0.4, 0.5) is 0 Å². The van der Waals surface area contributed by atoms with Crippen molar-refractivity contribution in [2.45, 2.75) is 24.9 Å². The summed E-state index contributed by atoms with van der Waals surface area (Å²) in [5.74, 6) is -6.39. The molecule has 33 heavy (non-hydrogen) atoms. The van der Waals surface area contributed by atoms with Gasteiger partial charge in [0.25, 0.3) is 5.91 Å². The van der Waals surface area contributed by atoms with Gasteiger partial charge in [0.05, 0.1) is 5.56 Å². The zero-order chi connectivity index (χ0) is 23.7. The SMILES string of the molecule is NC(=O)C1=C(O)C[C@@H]2C[C@@H]3Cc4c(-c5ccncc5)ccc(O)c4C(=O)C3=C(O)[C@]2(O)C1=O. The lowest BCUT2D eigenvalue weighted by atomic mass is 9.60. The summed E-state index contributed by atoms with van der Waals surface area (Å²) in [6.45, 7) is 0. The van der Waals surface area contributed by atoms with E-state index in [0.717, 1.165) is 11.1 Å². The number of fused-ring (bicyclic) bond motifs is 3. The molecule has 168 valence electrons. The number of benzene rings is 1. The normalized spacial score (nSPS) is 26.6. The second kappa shape index (κ2) is 7.01. The number of ketones is 2. The van der Waals surface area contributed by atoms with Gasteiger partial charge < -0.3 is 26.2 Å². The fourth-order valence-corrected chi connectivity index (χ4v) is 5.42. The lowest BCUT2D eigenvalue weighted by Crippen LogP contribution is -2.57. The van der Waals surface area contributed by atoms with Crippen LogP contribution in [-0.4, -0.2) is 48.5 Å². The van der Waals surface area contributed by atoms with Crippen molar-refractivity contribution in [1.29, 1.82) is 0 Å². The molecule has 0 aliphatic heterocycles. The Morgan fingerprint density at radius 1 is 1.06 bits per heavy atom. The average molecular weight is 448 g/mol. The van der Waals surface area contributed by atoms with Crippen molar-refractivity contribution >= 4 is 17.5 Å². The highest BCUT2D eigenvalue weighted by atomic mass is 16.3. The second-order valence-electron chi connectivity index (χ2n) is 8.63. The molecule has 1 amide bonds. The Bertz CT molecular complexity index is 1310. The summed E-state index contributed by atoms with van der Waals surface area (Å²) in [4.78, 5) is 42.1. The van der Waals surface area contributed by atoms with Gasteiger partial charge in [-0.25, -0.2) is 0 Å². The maximum absolute atomic E-state index is 13.5. The monoisotopic (exact) mass is 448 g/mol. The maximum atomic E-state index is 13.5. The molecule has 1 aromatic carbocycles. The lowest BCUT2D eigenvalue weighted by molar-refractivity contribution is -0.144. The molecule has 0 bridgehead atoms. The van der Waals surface area contributed by atoms with Crippen LogP contribution in [-0.2, 0) is 16.0 Å². The van der Waals surface area contributed by atoms with Gasteiger partial charge in [-0.15, -0.1) is 0 Å². The lowest BCUT2D eigenvalue weighted by Gasteiger charge is -2.45. The van der Waals surface area contributed by atoms with E-state index in [1.54, 1.807) is 30.6 Å². The summed E-state index contributed by atoms with van der Waals surface area (Å²) in [6, 6.07) is 6.62. The molecule has 1 aromatic heterocycles. The first-order chi connectivity index (χ1) is 15.7. The number of aliphatic hydroxyl groups excluding tert-OH is 2. The number of amides is 1. The van der Waals surface area contributed by atoms with Crippen molar-refractivity contribution in [1.82, 2.24) is 4.98 Å². The topological polar surface area (TPSA) is 171 Å². The van der Waals surface area contributed by atoms with Gasteiger partial charge in [0, 0.05) is 30.3 Å². The highest BCUT2D eigenvalue weighted by Gasteiger charge is 2.59. The van der Waals surface area contributed by atoms with Crippen LogP contribution in [0.2, 0.25) is 0 Å². The predicted molar refractivity (Wildman–Crippen MR) is 114 cm³/mol. The van der Waals surface area contributed by atoms with E-state index >= 15 is 0 Å². The van der Waals surface area contributed by atoms with Gasteiger partial charge in [0.1, 0.15) is 22.8 Å². The largest absolute Gasteiger partial charge is 0.511 e. The third-order valence-corrected chi connectivity index (χ3v) is 6.94. The third-order valence-electron chi connectivity index (χ3n) is 6.94. The first-order valence-corrected chi connectivity index (χ1v) is 10.4. The van der Waals surface area contributed by atoms with Crippen LogP contribution in [0.15, 0.2) is 59.3 Å². The van der Waals surface area contributed by atoms with Crippen molar-refractivity contribution in [3.63, 3.8) is 0 Å². The van der Waals surface area contributed by atoms with Crippen molar-refractivity contribution in [2.24, 2.45) is 17.6 Å². The molecule has 0 radical (unpaired) electrons. The molecular weight excluding hydrogens is 428 g/mol. The second-order valence-corrected chi connectivity index (χ2v) is 8.63. The van der Waals surface area contributed by atoms with E-state index in [1.165, 1.54) is 6.07 Å². The van der Waals surface area contributed by atoms with Gasteiger partial charge in [-0.1, -0.05) is 6.07 Å². The molecule has 2 aromatic rings. The Morgan fingerprint density at radius 3 is 2.42 bits per heavy atom. The van der Waals surface area contributed by atoms with Crippen LogP contribution in [0.1, 0.15) is 28.8 Å². The number of rotatable bonds is 2. The zero-order valence-corrected chi connectivity index (χ0v) is 17.3. The van der Waals surface area contributed by atoms with Gasteiger partial charge in [-0.2, -0.15) is 0 Å². The van der Waals surface area contributed by atoms with Gasteiger partial charge in [0.2, 0.25) is 5.78 Å². The summed E-state index contributed by atoms with van der Waals surface area (Å²) in [7, 11) is 0. The fraction of sp³-hybridized carbons (Fsp3) is 0.250. The zero-order valence-electron chi connectivity index (χ0n) is 17.3. The van der Waals surface area contributed by atoms with Crippen molar-refractivity contribution in [2.75, 3.05) is 0 Å². The van der Waals surface area contributed by atoms with Crippen LogP contribution in [0.3, 0.4) is 0 Å². The number of Topliss-reactive ketones (excluding diaryl/α,β-unsaturated/α-hetero) is 2. The number of phenols is 1. The molecule has 0 saturated heterocycles. The Hall–Kier alpha value is -3.98. The van der Waals surface area contributed by atoms with E-state index in [4.69, 9.17) is 5.73 Å². The van der Waals surface area contributed by atoms with E-state index in [0.29, 0.717) is 5.56 Å². The summed E-state index contributed by atoms with van der Waals surface area (Å²) in [5, 5.41) is 43.0. The number of hydrogen-bond acceptors (Lipinski definition) is 8. The first kappa shape index (κ1) is 20.9. The van der Waals surface area contributed by atoms with Gasteiger partial charge >= 0.3 is 0 Å². The predicted octanol–water partition coefficient (Wildman–Crippen LogP) is 1.64. The highest BCUT2D eigenvalue weighted by Crippen LogP contribution is 2.52. The number of carbonyl (C=O) groups excluding carboxylic acids is 3. The molecule has 3 atom stereocenters. The molecule has 1 heterocycles. The molecule has 0 saturated carbocycles. The van der Waals surface area contributed by atoms with Crippen molar-refractivity contribution in [3.8, 4) is 16.9 Å². The summed E-state index contributed by atoms with van der Waals surface area (Å²) >= 11 is 0. The molecule has 3 aliphatic rings. The van der Waals surface area contributed by atoms with Gasteiger partial charge in [0.15, 0.2) is 11.4 Å². The minimum absolute atomic E-state index is 0.0130. The number of nitrogens with zero attached hydrogens (tertiary/aromatic N) is 1. The molecule has 3 aliphatic carbocycles. The van der Waals surface area contributed by atoms with E-state index in [9.17, 15) is 34.8 Å². The number of carbonyl (C=O) groups is 3. The number of aromatic nitrogens is 1. The van der Waals surface area contributed by atoms with Gasteiger partial charge in [-0.05, 0) is 53.6 Å². The highest BCUT2D eigenvalue weighted by molar-refractivity contribution is 6.24. The Morgan fingerprint density at radius 2 is 1.76 bits per heavy atom.